The van der Waals surface area contributed by atoms with Gasteiger partial charge in [-0.2, -0.15) is 0 Å². The van der Waals surface area contributed by atoms with E-state index in [2.05, 4.69) is 6.07 Å². The molecule has 0 saturated carbocycles. The molecular formula is C12H18ClNO. The summed E-state index contributed by atoms with van der Waals surface area (Å²) in [6.45, 7) is 1.43. The zero-order valence-corrected chi connectivity index (χ0v) is 9.83. The molecule has 0 aromatic heterocycles. The van der Waals surface area contributed by atoms with E-state index >= 15 is 0 Å². The van der Waals surface area contributed by atoms with Crippen LogP contribution in [0.2, 0.25) is 5.02 Å². The molecule has 0 spiro atoms. The molecule has 0 fully saturated rings. The van der Waals surface area contributed by atoms with Crippen LogP contribution in [0.25, 0.3) is 0 Å². The van der Waals surface area contributed by atoms with E-state index < -0.39 is 0 Å². The maximum Gasteiger partial charge on any atom is 0.0465 e. The number of benzene rings is 1. The maximum absolute atomic E-state index is 6.09. The summed E-state index contributed by atoms with van der Waals surface area (Å²) in [5.41, 5.74) is 6.88. The topological polar surface area (TPSA) is 35.2 Å². The van der Waals surface area contributed by atoms with Crippen LogP contribution in [0.4, 0.5) is 0 Å². The molecule has 3 heteroatoms. The molecule has 0 heterocycles. The van der Waals surface area contributed by atoms with Crippen LogP contribution in [-0.2, 0) is 11.2 Å². The molecule has 0 saturated heterocycles. The molecule has 0 aliphatic rings. The number of halogens is 1. The molecule has 1 unspecified atom stereocenters. The molecule has 0 bridgehead atoms. The van der Waals surface area contributed by atoms with Gasteiger partial charge in [-0.15, -0.1) is 0 Å². The van der Waals surface area contributed by atoms with Gasteiger partial charge < -0.3 is 10.5 Å². The summed E-state index contributed by atoms with van der Waals surface area (Å²) in [6.07, 6.45) is 1.91. The Morgan fingerprint density at radius 2 is 2.13 bits per heavy atom. The second kappa shape index (κ2) is 6.83. The minimum atomic E-state index is 0.449. The Morgan fingerprint density at radius 1 is 1.40 bits per heavy atom. The van der Waals surface area contributed by atoms with E-state index in [4.69, 9.17) is 22.1 Å². The van der Waals surface area contributed by atoms with Crippen LogP contribution >= 0.6 is 11.6 Å². The summed E-state index contributed by atoms with van der Waals surface area (Å²) >= 11 is 6.09. The fourth-order valence-electron chi connectivity index (χ4n) is 1.56. The Balaban J connectivity index is 2.54. The average Bonchev–Trinajstić information content (AvgIpc) is 2.26. The zero-order valence-electron chi connectivity index (χ0n) is 9.08. The minimum absolute atomic E-state index is 0.449. The van der Waals surface area contributed by atoms with E-state index in [1.807, 2.05) is 18.2 Å². The largest absolute Gasteiger partial charge is 0.385 e. The molecule has 2 N–H and O–H groups in total. The summed E-state index contributed by atoms with van der Waals surface area (Å²) in [7, 11) is 1.71. The lowest BCUT2D eigenvalue weighted by atomic mass is 9.96. The summed E-state index contributed by atoms with van der Waals surface area (Å²) in [5, 5.41) is 0.827. The van der Waals surface area contributed by atoms with Gasteiger partial charge in [-0.05, 0) is 36.9 Å². The highest BCUT2D eigenvalue weighted by atomic mass is 35.5. The molecule has 0 radical (unpaired) electrons. The van der Waals surface area contributed by atoms with E-state index in [1.54, 1.807) is 7.11 Å². The number of hydrogen-bond acceptors (Lipinski definition) is 2. The first-order valence-corrected chi connectivity index (χ1v) is 5.58. The van der Waals surface area contributed by atoms with Crippen LogP contribution in [0, 0.1) is 5.92 Å². The maximum atomic E-state index is 6.09. The Hall–Kier alpha value is -0.570. The first kappa shape index (κ1) is 12.5. The molecule has 0 aliphatic heterocycles. The molecule has 84 valence electrons. The van der Waals surface area contributed by atoms with Crippen molar-refractivity contribution in [3.63, 3.8) is 0 Å². The van der Waals surface area contributed by atoms with Crippen molar-refractivity contribution in [2.75, 3.05) is 20.3 Å². The lowest BCUT2D eigenvalue weighted by molar-refractivity contribution is 0.178. The van der Waals surface area contributed by atoms with Crippen LogP contribution in [-0.4, -0.2) is 20.3 Å². The lowest BCUT2D eigenvalue weighted by Gasteiger charge is -2.14. The second-order valence-corrected chi connectivity index (χ2v) is 4.09. The van der Waals surface area contributed by atoms with Crippen molar-refractivity contribution in [1.29, 1.82) is 0 Å². The van der Waals surface area contributed by atoms with Gasteiger partial charge in [-0.3, -0.25) is 0 Å². The average molecular weight is 228 g/mol. The van der Waals surface area contributed by atoms with Gasteiger partial charge in [0.2, 0.25) is 0 Å². The minimum Gasteiger partial charge on any atom is -0.385 e. The van der Waals surface area contributed by atoms with Gasteiger partial charge in [0.05, 0.1) is 0 Å². The van der Waals surface area contributed by atoms with Gasteiger partial charge in [-0.1, -0.05) is 29.8 Å². The number of hydrogen-bond donors (Lipinski definition) is 1. The molecule has 1 aromatic carbocycles. The van der Waals surface area contributed by atoms with E-state index in [0.717, 1.165) is 24.5 Å². The van der Waals surface area contributed by atoms with E-state index in [0.29, 0.717) is 12.5 Å². The van der Waals surface area contributed by atoms with E-state index in [1.165, 1.54) is 5.56 Å². The van der Waals surface area contributed by atoms with Gasteiger partial charge in [-0.25, -0.2) is 0 Å². The smallest absolute Gasteiger partial charge is 0.0465 e. The SMILES string of the molecule is COCCC(CN)Cc1ccccc1Cl. The van der Waals surface area contributed by atoms with Crippen molar-refractivity contribution in [3.8, 4) is 0 Å². The molecule has 1 rings (SSSR count). The number of nitrogens with two attached hydrogens (primary N) is 1. The highest BCUT2D eigenvalue weighted by molar-refractivity contribution is 6.31. The first-order valence-electron chi connectivity index (χ1n) is 5.20. The van der Waals surface area contributed by atoms with Crippen LogP contribution in [0.3, 0.4) is 0 Å². The fourth-order valence-corrected chi connectivity index (χ4v) is 1.78. The summed E-state index contributed by atoms with van der Waals surface area (Å²) in [5.74, 6) is 0.449. The van der Waals surface area contributed by atoms with Gasteiger partial charge in [0, 0.05) is 18.7 Å². The Kier molecular flexibility index (Phi) is 5.69. The summed E-state index contributed by atoms with van der Waals surface area (Å²) in [4.78, 5) is 0. The molecule has 0 amide bonds. The lowest BCUT2D eigenvalue weighted by Crippen LogP contribution is -2.18. The number of methoxy groups -OCH3 is 1. The number of rotatable bonds is 6. The molecular weight excluding hydrogens is 210 g/mol. The summed E-state index contributed by atoms with van der Waals surface area (Å²) < 4.78 is 5.05. The van der Waals surface area contributed by atoms with Crippen molar-refractivity contribution >= 4 is 11.6 Å². The highest BCUT2D eigenvalue weighted by Gasteiger charge is 2.09. The van der Waals surface area contributed by atoms with Gasteiger partial charge in [0.25, 0.3) is 0 Å². The molecule has 0 aliphatic carbocycles. The van der Waals surface area contributed by atoms with Gasteiger partial charge in [0.15, 0.2) is 0 Å². The Morgan fingerprint density at radius 3 is 2.73 bits per heavy atom. The Bertz CT molecular complexity index is 291. The molecule has 2 nitrogen and oxygen atoms in total. The second-order valence-electron chi connectivity index (χ2n) is 3.68. The Labute approximate surface area is 96.4 Å². The van der Waals surface area contributed by atoms with E-state index in [9.17, 15) is 0 Å². The van der Waals surface area contributed by atoms with E-state index in [-0.39, 0.29) is 0 Å². The number of ether oxygens (including phenoxy) is 1. The van der Waals surface area contributed by atoms with Crippen molar-refractivity contribution in [3.05, 3.63) is 34.9 Å². The van der Waals surface area contributed by atoms with Crippen molar-refractivity contribution < 1.29 is 4.74 Å². The third-order valence-corrected chi connectivity index (χ3v) is 2.90. The quantitative estimate of drug-likeness (QED) is 0.811. The molecule has 15 heavy (non-hydrogen) atoms. The standard InChI is InChI=1S/C12H18ClNO/c1-15-7-6-10(9-14)8-11-4-2-3-5-12(11)13/h2-5,10H,6-9,14H2,1H3. The third kappa shape index (κ3) is 4.20. The van der Waals surface area contributed by atoms with Gasteiger partial charge in [0.1, 0.15) is 0 Å². The van der Waals surface area contributed by atoms with Crippen molar-refractivity contribution in [1.82, 2.24) is 0 Å². The highest BCUT2D eigenvalue weighted by Crippen LogP contribution is 2.19. The van der Waals surface area contributed by atoms with Gasteiger partial charge >= 0.3 is 0 Å². The molecule has 1 atom stereocenters. The van der Waals surface area contributed by atoms with Crippen molar-refractivity contribution in [2.24, 2.45) is 11.7 Å². The van der Waals surface area contributed by atoms with Crippen molar-refractivity contribution in [2.45, 2.75) is 12.8 Å². The van der Waals surface area contributed by atoms with Crippen LogP contribution in [0.5, 0.6) is 0 Å². The first-order chi connectivity index (χ1) is 7.27. The predicted molar refractivity (Wildman–Crippen MR) is 64.2 cm³/mol. The molecule has 1 aromatic rings. The normalized spacial score (nSPS) is 12.7. The van der Waals surface area contributed by atoms with Crippen LogP contribution in [0.15, 0.2) is 24.3 Å². The van der Waals surface area contributed by atoms with Crippen LogP contribution < -0.4 is 5.73 Å². The fraction of sp³-hybridized carbons (Fsp3) is 0.500. The summed E-state index contributed by atoms with van der Waals surface area (Å²) in [6, 6.07) is 7.92. The predicted octanol–water partition coefficient (Wildman–Crippen LogP) is 2.49. The van der Waals surface area contributed by atoms with Crippen LogP contribution in [0.1, 0.15) is 12.0 Å². The zero-order chi connectivity index (χ0) is 11.1. The third-order valence-electron chi connectivity index (χ3n) is 2.53. The monoisotopic (exact) mass is 227 g/mol.